The van der Waals surface area contributed by atoms with Gasteiger partial charge >= 0.3 is 0 Å². The van der Waals surface area contributed by atoms with Crippen molar-refractivity contribution >= 4 is 49.3 Å². The van der Waals surface area contributed by atoms with Crippen molar-refractivity contribution < 1.29 is 4.42 Å². The van der Waals surface area contributed by atoms with Gasteiger partial charge in [0.15, 0.2) is 5.76 Å². The van der Waals surface area contributed by atoms with Crippen molar-refractivity contribution in [1.29, 1.82) is 0 Å². The molecule has 0 N–H and O–H groups in total. The van der Waals surface area contributed by atoms with Crippen molar-refractivity contribution in [2.45, 2.75) is 6.92 Å². The molecule has 4 aromatic heterocycles. The molecule has 0 fully saturated rings. The average molecular weight is 580 g/mol. The van der Waals surface area contributed by atoms with Gasteiger partial charge in [-0.05, 0) is 43.3 Å². The molecule has 0 spiro atoms. The summed E-state index contributed by atoms with van der Waals surface area (Å²) in [7, 11) is 0. The number of nitrogens with zero attached hydrogens (tertiary/aromatic N) is 5. The highest BCUT2D eigenvalue weighted by Crippen LogP contribution is 2.31. The molecule has 7 aromatic rings. The molecule has 0 aliphatic carbocycles. The largest absolute Gasteiger partial charge is 0.452 e. The van der Waals surface area contributed by atoms with Gasteiger partial charge < -0.3 is 4.42 Å². The van der Waals surface area contributed by atoms with E-state index in [9.17, 15) is 4.79 Å². The lowest BCUT2D eigenvalue weighted by Gasteiger charge is -2.00. The minimum atomic E-state index is -0.230. The van der Waals surface area contributed by atoms with Crippen molar-refractivity contribution in [3.05, 3.63) is 116 Å². The molecule has 0 atom stereocenters. The van der Waals surface area contributed by atoms with Gasteiger partial charge in [-0.25, -0.2) is 4.68 Å². The maximum Gasteiger partial charge on any atom is 0.291 e. The van der Waals surface area contributed by atoms with Crippen LogP contribution in [-0.4, -0.2) is 24.4 Å². The van der Waals surface area contributed by atoms with Crippen molar-refractivity contribution in [1.82, 2.24) is 24.4 Å². The van der Waals surface area contributed by atoms with E-state index in [-0.39, 0.29) is 5.56 Å². The second kappa shape index (κ2) is 8.90. The molecule has 7 rings (SSSR count). The van der Waals surface area contributed by atoms with E-state index in [4.69, 9.17) is 9.52 Å². The first kappa shape index (κ1) is 22.8. The molecule has 38 heavy (non-hydrogen) atoms. The summed E-state index contributed by atoms with van der Waals surface area (Å²) in [6, 6.07) is 25.7. The van der Waals surface area contributed by atoms with Crippen LogP contribution in [0, 0.1) is 6.92 Å². The van der Waals surface area contributed by atoms with Crippen LogP contribution in [0.4, 0.5) is 0 Å². The molecule has 7 nitrogen and oxygen atoms in total. The zero-order valence-electron chi connectivity index (χ0n) is 20.0. The standard InChI is InChI=1S/C29H18BrN5O2S/c1-17-22-9-5-6-10-23(22)37-26(17)27-31-29-35(33-27)28(36)24(38-29)15-19-16-34(21-7-3-2-4-8-21)32-25(19)18-11-13-20(30)14-12-18/h2-16H,1H3/b24-15-. The Morgan fingerprint density at radius 2 is 1.71 bits per heavy atom. The van der Waals surface area contributed by atoms with Crippen LogP contribution in [0.2, 0.25) is 0 Å². The quantitative estimate of drug-likeness (QED) is 0.254. The van der Waals surface area contributed by atoms with Crippen molar-refractivity contribution in [2.75, 3.05) is 0 Å². The lowest BCUT2D eigenvalue weighted by Crippen LogP contribution is -2.23. The highest BCUT2D eigenvalue weighted by atomic mass is 79.9. The van der Waals surface area contributed by atoms with Crippen LogP contribution in [0.3, 0.4) is 0 Å². The highest BCUT2D eigenvalue weighted by molar-refractivity contribution is 9.10. The molecule has 9 heteroatoms. The zero-order chi connectivity index (χ0) is 25.8. The number of thiazole rings is 1. The summed E-state index contributed by atoms with van der Waals surface area (Å²) in [6.45, 7) is 1.97. The maximum absolute atomic E-state index is 13.4. The summed E-state index contributed by atoms with van der Waals surface area (Å²) in [4.78, 5) is 18.5. The van der Waals surface area contributed by atoms with Crippen LogP contribution in [0.15, 0.2) is 98.7 Å². The van der Waals surface area contributed by atoms with E-state index in [2.05, 4.69) is 26.0 Å². The molecule has 0 unspecified atom stereocenters. The normalized spacial score (nSPS) is 12.2. The zero-order valence-corrected chi connectivity index (χ0v) is 22.4. The van der Waals surface area contributed by atoms with E-state index in [1.165, 1.54) is 15.9 Å². The van der Waals surface area contributed by atoms with Gasteiger partial charge in [-0.15, -0.1) is 5.10 Å². The molecular formula is C29H18BrN5O2S. The second-order valence-corrected chi connectivity index (χ2v) is 10.7. The first-order valence-electron chi connectivity index (χ1n) is 11.9. The Kier molecular flexibility index (Phi) is 5.34. The molecule has 0 saturated heterocycles. The smallest absolute Gasteiger partial charge is 0.291 e. The average Bonchev–Trinajstić information content (AvgIpc) is 3.69. The third-order valence-electron chi connectivity index (χ3n) is 6.40. The Morgan fingerprint density at radius 1 is 0.947 bits per heavy atom. The Bertz CT molecular complexity index is 2070. The summed E-state index contributed by atoms with van der Waals surface area (Å²) < 4.78 is 10.7. The highest BCUT2D eigenvalue weighted by Gasteiger charge is 2.19. The maximum atomic E-state index is 13.4. The predicted octanol–water partition coefficient (Wildman–Crippen LogP) is 6.04. The molecule has 0 saturated carbocycles. The summed E-state index contributed by atoms with van der Waals surface area (Å²) in [5, 5.41) is 10.4. The lowest BCUT2D eigenvalue weighted by molar-refractivity contribution is 0.622. The van der Waals surface area contributed by atoms with Crippen molar-refractivity contribution in [3.63, 3.8) is 0 Å². The molecule has 0 aliphatic heterocycles. The number of furan rings is 1. The predicted molar refractivity (Wildman–Crippen MR) is 153 cm³/mol. The van der Waals surface area contributed by atoms with Gasteiger partial charge in [0.1, 0.15) is 5.58 Å². The first-order valence-corrected chi connectivity index (χ1v) is 13.5. The van der Waals surface area contributed by atoms with E-state index in [0.717, 1.165) is 43.5 Å². The number of rotatable bonds is 4. The Balaban J connectivity index is 1.36. The van der Waals surface area contributed by atoms with E-state index in [1.54, 1.807) is 0 Å². The number of halogens is 1. The molecule has 3 aromatic carbocycles. The molecule has 4 heterocycles. The van der Waals surface area contributed by atoms with Crippen LogP contribution in [0.1, 0.15) is 11.1 Å². The number of aryl methyl sites for hydroxylation is 1. The third kappa shape index (κ3) is 3.79. The van der Waals surface area contributed by atoms with Crippen LogP contribution in [0.25, 0.3) is 50.5 Å². The van der Waals surface area contributed by atoms with Gasteiger partial charge in [0.25, 0.3) is 5.56 Å². The summed E-state index contributed by atoms with van der Waals surface area (Å²) in [5.41, 5.74) is 4.97. The molecule has 0 radical (unpaired) electrons. The summed E-state index contributed by atoms with van der Waals surface area (Å²) >= 11 is 4.79. The summed E-state index contributed by atoms with van der Waals surface area (Å²) in [5.74, 6) is 0.981. The van der Waals surface area contributed by atoms with E-state index in [0.29, 0.717) is 21.1 Å². The fourth-order valence-electron chi connectivity index (χ4n) is 4.50. The van der Waals surface area contributed by atoms with Crippen molar-refractivity contribution in [3.8, 4) is 28.5 Å². The number of fused-ring (bicyclic) bond motifs is 2. The number of benzene rings is 3. The van der Waals surface area contributed by atoms with E-state index >= 15 is 0 Å². The SMILES string of the molecule is Cc1c(-c2nc3s/c(=C\c4cn(-c5ccccc5)nc4-c4ccc(Br)cc4)c(=O)n3n2)oc2ccccc12. The number of hydrogen-bond donors (Lipinski definition) is 0. The fourth-order valence-corrected chi connectivity index (χ4v) is 5.66. The van der Waals surface area contributed by atoms with Gasteiger partial charge in [-0.3, -0.25) is 4.79 Å². The Labute approximate surface area is 228 Å². The monoisotopic (exact) mass is 579 g/mol. The molecule has 0 aliphatic rings. The molecule has 0 amide bonds. The van der Waals surface area contributed by atoms with E-state index < -0.39 is 0 Å². The Morgan fingerprint density at radius 3 is 2.47 bits per heavy atom. The lowest BCUT2D eigenvalue weighted by atomic mass is 10.1. The van der Waals surface area contributed by atoms with Gasteiger partial charge in [-0.2, -0.15) is 14.6 Å². The molecule has 0 bridgehead atoms. The van der Waals surface area contributed by atoms with Gasteiger partial charge in [0.05, 0.1) is 15.9 Å². The van der Waals surface area contributed by atoms with Gasteiger partial charge in [0.2, 0.25) is 10.8 Å². The number of hydrogen-bond acceptors (Lipinski definition) is 6. The number of aromatic nitrogens is 5. The van der Waals surface area contributed by atoms with E-state index in [1.807, 2.05) is 103 Å². The summed E-state index contributed by atoms with van der Waals surface area (Å²) in [6.07, 6.45) is 3.80. The van der Waals surface area contributed by atoms with Crippen LogP contribution < -0.4 is 10.1 Å². The van der Waals surface area contributed by atoms with Gasteiger partial charge in [0, 0.05) is 32.7 Å². The van der Waals surface area contributed by atoms with Crippen LogP contribution in [0.5, 0.6) is 0 Å². The van der Waals surface area contributed by atoms with Crippen LogP contribution >= 0.6 is 27.3 Å². The minimum absolute atomic E-state index is 0.230. The third-order valence-corrected chi connectivity index (χ3v) is 7.88. The Hall–Kier alpha value is -4.34. The van der Waals surface area contributed by atoms with Crippen LogP contribution in [-0.2, 0) is 0 Å². The first-order chi connectivity index (χ1) is 18.5. The second-order valence-electron chi connectivity index (χ2n) is 8.82. The topological polar surface area (TPSA) is 78.2 Å². The molecular weight excluding hydrogens is 562 g/mol. The number of para-hydroxylation sites is 2. The van der Waals surface area contributed by atoms with Crippen molar-refractivity contribution in [2.24, 2.45) is 0 Å². The molecule has 184 valence electrons. The minimum Gasteiger partial charge on any atom is -0.452 e. The fraction of sp³-hybridized carbons (Fsp3) is 0.0345. The van der Waals surface area contributed by atoms with Gasteiger partial charge in [-0.1, -0.05) is 75.8 Å².